The van der Waals surface area contributed by atoms with Crippen LogP contribution in [0.5, 0.6) is 0 Å². The predicted molar refractivity (Wildman–Crippen MR) is 73.7 cm³/mol. The molecule has 1 heterocycles. The van der Waals surface area contributed by atoms with Crippen LogP contribution in [0.25, 0.3) is 11.1 Å². The number of rotatable bonds is 2. The number of aryl methyl sites for hydroxylation is 1. The molecule has 0 atom stereocenters. The monoisotopic (exact) mass is 257 g/mol. The van der Waals surface area contributed by atoms with Gasteiger partial charge < -0.3 is 5.32 Å². The van der Waals surface area contributed by atoms with E-state index in [2.05, 4.69) is 16.4 Å². The van der Waals surface area contributed by atoms with Crippen LogP contribution in [-0.2, 0) is 0 Å². The number of nitriles is 1. The first-order valence-electron chi connectivity index (χ1n) is 5.51. The summed E-state index contributed by atoms with van der Waals surface area (Å²) in [5.41, 5.74) is 3.36. The van der Waals surface area contributed by atoms with Gasteiger partial charge in [0.15, 0.2) is 0 Å². The van der Waals surface area contributed by atoms with Crippen LogP contribution in [0, 0.1) is 18.3 Å². The van der Waals surface area contributed by atoms with Gasteiger partial charge in [-0.1, -0.05) is 23.7 Å². The minimum atomic E-state index is 0.535. The van der Waals surface area contributed by atoms with E-state index in [4.69, 9.17) is 16.9 Å². The molecule has 4 heteroatoms. The van der Waals surface area contributed by atoms with Crippen LogP contribution in [0.3, 0.4) is 0 Å². The molecule has 0 unspecified atom stereocenters. The summed E-state index contributed by atoms with van der Waals surface area (Å²) in [6, 6.07) is 11.5. The molecule has 1 N–H and O–H groups in total. The highest BCUT2D eigenvalue weighted by Crippen LogP contribution is 2.27. The highest BCUT2D eigenvalue weighted by Gasteiger charge is 2.09. The van der Waals surface area contributed by atoms with Gasteiger partial charge in [0.05, 0.1) is 5.56 Å². The number of halogens is 1. The number of hydrogen-bond donors (Lipinski definition) is 1. The fraction of sp³-hybridized carbons (Fsp3) is 0.143. The Hall–Kier alpha value is -2.05. The minimum absolute atomic E-state index is 0.535. The van der Waals surface area contributed by atoms with Gasteiger partial charge in [-0.2, -0.15) is 5.26 Å². The SMILES string of the molecule is CNc1nc(C)c(-c2ccc(Cl)cc2)cc1C#N. The van der Waals surface area contributed by atoms with Gasteiger partial charge in [0.2, 0.25) is 0 Å². The van der Waals surface area contributed by atoms with Crippen molar-refractivity contribution < 1.29 is 0 Å². The number of hydrogen-bond acceptors (Lipinski definition) is 3. The van der Waals surface area contributed by atoms with Crippen LogP contribution in [-0.4, -0.2) is 12.0 Å². The van der Waals surface area contributed by atoms with Crippen LogP contribution < -0.4 is 5.32 Å². The van der Waals surface area contributed by atoms with Crippen LogP contribution in [0.2, 0.25) is 5.02 Å². The molecule has 0 aliphatic rings. The lowest BCUT2D eigenvalue weighted by atomic mass is 10.0. The van der Waals surface area contributed by atoms with Crippen LogP contribution in [0.4, 0.5) is 5.82 Å². The van der Waals surface area contributed by atoms with E-state index in [-0.39, 0.29) is 0 Å². The average Bonchev–Trinajstić information content (AvgIpc) is 2.39. The van der Waals surface area contributed by atoms with Crippen LogP contribution in [0.15, 0.2) is 30.3 Å². The van der Waals surface area contributed by atoms with E-state index in [1.165, 1.54) is 0 Å². The third-order valence-corrected chi connectivity index (χ3v) is 2.98. The lowest BCUT2D eigenvalue weighted by Gasteiger charge is -2.09. The molecule has 0 aliphatic carbocycles. The fourth-order valence-electron chi connectivity index (χ4n) is 1.80. The fourth-order valence-corrected chi connectivity index (χ4v) is 1.93. The molecule has 0 saturated carbocycles. The zero-order chi connectivity index (χ0) is 13.1. The van der Waals surface area contributed by atoms with Gasteiger partial charge in [-0.05, 0) is 30.7 Å². The third-order valence-electron chi connectivity index (χ3n) is 2.73. The maximum atomic E-state index is 9.10. The highest BCUT2D eigenvalue weighted by atomic mass is 35.5. The van der Waals surface area contributed by atoms with Gasteiger partial charge in [-0.25, -0.2) is 4.98 Å². The van der Waals surface area contributed by atoms with E-state index in [1.807, 2.05) is 37.3 Å². The first-order valence-corrected chi connectivity index (χ1v) is 5.89. The average molecular weight is 258 g/mol. The van der Waals surface area contributed by atoms with Crippen molar-refractivity contribution in [3.63, 3.8) is 0 Å². The molecule has 0 amide bonds. The number of anilines is 1. The Bertz CT molecular complexity index is 612. The summed E-state index contributed by atoms with van der Waals surface area (Å²) in [5.74, 6) is 0.604. The Labute approximate surface area is 111 Å². The van der Waals surface area contributed by atoms with E-state index in [0.29, 0.717) is 16.4 Å². The molecule has 18 heavy (non-hydrogen) atoms. The molecule has 1 aromatic heterocycles. The van der Waals surface area contributed by atoms with Crippen LogP contribution in [0.1, 0.15) is 11.3 Å². The van der Waals surface area contributed by atoms with E-state index in [9.17, 15) is 0 Å². The Balaban J connectivity index is 2.58. The molecule has 3 nitrogen and oxygen atoms in total. The quantitative estimate of drug-likeness (QED) is 0.894. The van der Waals surface area contributed by atoms with Gasteiger partial charge in [0, 0.05) is 23.3 Å². The molecule has 0 fully saturated rings. The van der Waals surface area contributed by atoms with Crippen molar-refractivity contribution >= 4 is 17.4 Å². The highest BCUT2D eigenvalue weighted by molar-refractivity contribution is 6.30. The molecule has 0 radical (unpaired) electrons. The second kappa shape index (κ2) is 5.07. The molecule has 2 rings (SSSR count). The molecule has 2 aromatic rings. The Kier molecular flexibility index (Phi) is 3.50. The maximum absolute atomic E-state index is 9.10. The van der Waals surface area contributed by atoms with E-state index in [0.717, 1.165) is 16.8 Å². The first-order chi connectivity index (χ1) is 8.65. The number of aromatic nitrogens is 1. The lowest BCUT2D eigenvalue weighted by Crippen LogP contribution is -1.99. The lowest BCUT2D eigenvalue weighted by molar-refractivity contribution is 1.18. The van der Waals surface area contributed by atoms with E-state index < -0.39 is 0 Å². The molecular formula is C14H12ClN3. The summed E-state index contributed by atoms with van der Waals surface area (Å²) < 4.78 is 0. The number of pyridine rings is 1. The van der Waals surface area contributed by atoms with Crippen molar-refractivity contribution in [1.29, 1.82) is 5.26 Å². The largest absolute Gasteiger partial charge is 0.372 e. The van der Waals surface area contributed by atoms with Gasteiger partial charge in [-0.3, -0.25) is 0 Å². The third kappa shape index (κ3) is 2.29. The Morgan fingerprint density at radius 2 is 1.94 bits per heavy atom. The van der Waals surface area contributed by atoms with Crippen molar-refractivity contribution in [3.05, 3.63) is 46.6 Å². The maximum Gasteiger partial charge on any atom is 0.143 e. The summed E-state index contributed by atoms with van der Waals surface area (Å²) in [7, 11) is 1.75. The van der Waals surface area contributed by atoms with Crippen molar-refractivity contribution in [3.8, 4) is 17.2 Å². The summed E-state index contributed by atoms with van der Waals surface area (Å²) in [5, 5.41) is 12.7. The van der Waals surface area contributed by atoms with Gasteiger partial charge in [-0.15, -0.1) is 0 Å². The van der Waals surface area contributed by atoms with Crippen LogP contribution >= 0.6 is 11.6 Å². The molecule has 1 aromatic carbocycles. The van der Waals surface area contributed by atoms with Gasteiger partial charge in [0.25, 0.3) is 0 Å². The standard InChI is InChI=1S/C14H12ClN3/c1-9-13(10-3-5-12(15)6-4-10)7-11(8-16)14(17-2)18-9/h3-7H,1-2H3,(H,17,18). The van der Waals surface area contributed by atoms with E-state index in [1.54, 1.807) is 7.05 Å². The zero-order valence-electron chi connectivity index (χ0n) is 10.2. The zero-order valence-corrected chi connectivity index (χ0v) is 10.9. The molecule has 0 aliphatic heterocycles. The normalized spacial score (nSPS) is 9.89. The number of nitrogens with one attached hydrogen (secondary N) is 1. The summed E-state index contributed by atoms with van der Waals surface area (Å²) in [6.45, 7) is 1.92. The van der Waals surface area contributed by atoms with Crippen molar-refractivity contribution in [1.82, 2.24) is 4.98 Å². The Morgan fingerprint density at radius 3 is 2.50 bits per heavy atom. The molecule has 0 bridgehead atoms. The molecular weight excluding hydrogens is 246 g/mol. The second-order valence-electron chi connectivity index (χ2n) is 3.89. The van der Waals surface area contributed by atoms with Gasteiger partial charge >= 0.3 is 0 Å². The number of nitrogens with zero attached hydrogens (tertiary/aromatic N) is 2. The van der Waals surface area contributed by atoms with Crippen molar-refractivity contribution in [2.24, 2.45) is 0 Å². The number of benzene rings is 1. The predicted octanol–water partition coefficient (Wildman–Crippen LogP) is 3.62. The van der Waals surface area contributed by atoms with Gasteiger partial charge in [0.1, 0.15) is 11.9 Å². The summed E-state index contributed by atoms with van der Waals surface area (Å²) >= 11 is 5.87. The topological polar surface area (TPSA) is 48.7 Å². The molecule has 90 valence electrons. The summed E-state index contributed by atoms with van der Waals surface area (Å²) in [4.78, 5) is 4.39. The second-order valence-corrected chi connectivity index (χ2v) is 4.32. The Morgan fingerprint density at radius 1 is 1.28 bits per heavy atom. The van der Waals surface area contributed by atoms with E-state index >= 15 is 0 Å². The first kappa shape index (κ1) is 12.4. The minimum Gasteiger partial charge on any atom is -0.372 e. The molecule has 0 saturated heterocycles. The van der Waals surface area contributed by atoms with Crippen molar-refractivity contribution in [2.45, 2.75) is 6.92 Å². The smallest absolute Gasteiger partial charge is 0.143 e. The summed E-state index contributed by atoms with van der Waals surface area (Å²) in [6.07, 6.45) is 0. The molecule has 0 spiro atoms. The van der Waals surface area contributed by atoms with Crippen molar-refractivity contribution in [2.75, 3.05) is 12.4 Å².